The number of aromatic nitrogens is 1. The second-order valence-corrected chi connectivity index (χ2v) is 5.61. The Bertz CT molecular complexity index is 455. The van der Waals surface area contributed by atoms with Gasteiger partial charge in [-0.3, -0.25) is 0 Å². The van der Waals surface area contributed by atoms with Crippen molar-refractivity contribution in [3.8, 4) is 0 Å². The molecule has 2 N–H and O–H groups in total. The van der Waals surface area contributed by atoms with Crippen molar-refractivity contribution in [2.75, 3.05) is 25.0 Å². The van der Waals surface area contributed by atoms with Gasteiger partial charge in [-0.2, -0.15) is 0 Å². The van der Waals surface area contributed by atoms with E-state index in [1.165, 1.54) is 24.1 Å². The van der Waals surface area contributed by atoms with E-state index < -0.39 is 0 Å². The van der Waals surface area contributed by atoms with Gasteiger partial charge in [0.2, 0.25) is 0 Å². The van der Waals surface area contributed by atoms with Gasteiger partial charge in [-0.1, -0.05) is 23.5 Å². The quantitative estimate of drug-likeness (QED) is 0.875. The molecule has 0 aliphatic carbocycles. The molecule has 0 radical (unpaired) electrons. The number of fused-ring (bicyclic) bond motifs is 1. The summed E-state index contributed by atoms with van der Waals surface area (Å²) in [6.45, 7) is 3.35. The number of nitrogens with zero attached hydrogens (tertiary/aromatic N) is 1. The van der Waals surface area contributed by atoms with E-state index >= 15 is 0 Å². The molecule has 0 unspecified atom stereocenters. The fourth-order valence-electron chi connectivity index (χ4n) is 2.28. The molecule has 4 heteroatoms. The summed E-state index contributed by atoms with van der Waals surface area (Å²) in [7, 11) is 0. The summed E-state index contributed by atoms with van der Waals surface area (Å²) >= 11 is 1.74. The van der Waals surface area contributed by atoms with Crippen LogP contribution in [0.25, 0.3) is 10.2 Å². The first-order chi connectivity index (χ1) is 8.42. The predicted molar refractivity (Wildman–Crippen MR) is 73.7 cm³/mol. The van der Waals surface area contributed by atoms with Crippen LogP contribution in [0.3, 0.4) is 0 Å². The zero-order valence-corrected chi connectivity index (χ0v) is 10.6. The molecule has 90 valence electrons. The van der Waals surface area contributed by atoms with Crippen LogP contribution >= 0.6 is 11.3 Å². The third-order valence-electron chi connectivity index (χ3n) is 3.23. The fraction of sp³-hybridized carbons (Fsp3) is 0.462. The SMILES string of the molecule is c1ccc2sc(NC[C@@H]3CCCNC3)nc2c1. The molecule has 17 heavy (non-hydrogen) atoms. The molecule has 1 aliphatic heterocycles. The minimum atomic E-state index is 0.746. The number of hydrogen-bond donors (Lipinski definition) is 2. The highest BCUT2D eigenvalue weighted by molar-refractivity contribution is 7.22. The molecule has 3 nitrogen and oxygen atoms in total. The third kappa shape index (κ3) is 2.58. The topological polar surface area (TPSA) is 37.0 Å². The summed E-state index contributed by atoms with van der Waals surface area (Å²) in [4.78, 5) is 4.58. The smallest absolute Gasteiger partial charge is 0.183 e. The van der Waals surface area contributed by atoms with Gasteiger partial charge in [0, 0.05) is 6.54 Å². The van der Waals surface area contributed by atoms with Gasteiger partial charge in [-0.15, -0.1) is 0 Å². The van der Waals surface area contributed by atoms with Gasteiger partial charge in [0.25, 0.3) is 0 Å². The third-order valence-corrected chi connectivity index (χ3v) is 4.23. The van der Waals surface area contributed by atoms with E-state index in [9.17, 15) is 0 Å². The minimum absolute atomic E-state index is 0.746. The van der Waals surface area contributed by atoms with Crippen molar-refractivity contribution in [2.45, 2.75) is 12.8 Å². The summed E-state index contributed by atoms with van der Waals surface area (Å²) in [5.74, 6) is 0.746. The number of thiazole rings is 1. The van der Waals surface area contributed by atoms with Crippen molar-refractivity contribution in [1.29, 1.82) is 0 Å². The molecule has 1 aromatic heterocycles. The largest absolute Gasteiger partial charge is 0.361 e. The van der Waals surface area contributed by atoms with Gasteiger partial charge in [-0.05, 0) is 44.0 Å². The number of anilines is 1. The van der Waals surface area contributed by atoms with Gasteiger partial charge in [0.1, 0.15) is 0 Å². The standard InChI is InChI=1S/C13H17N3S/c1-2-6-12-11(5-1)16-13(17-12)15-9-10-4-3-7-14-8-10/h1-2,5-6,10,14H,3-4,7-9H2,(H,15,16)/t10-/m1/s1. The predicted octanol–water partition coefficient (Wildman–Crippen LogP) is 2.71. The average molecular weight is 247 g/mol. The zero-order chi connectivity index (χ0) is 11.5. The Balaban J connectivity index is 1.64. The number of para-hydroxylation sites is 1. The van der Waals surface area contributed by atoms with Crippen molar-refractivity contribution in [3.63, 3.8) is 0 Å². The highest BCUT2D eigenvalue weighted by Gasteiger charge is 2.13. The van der Waals surface area contributed by atoms with Gasteiger partial charge in [-0.25, -0.2) is 4.98 Å². The first-order valence-electron chi connectivity index (χ1n) is 6.22. The highest BCUT2D eigenvalue weighted by Crippen LogP contribution is 2.25. The van der Waals surface area contributed by atoms with Crippen LogP contribution in [0.2, 0.25) is 0 Å². The number of nitrogens with one attached hydrogen (secondary N) is 2. The Kier molecular flexibility index (Phi) is 3.25. The van der Waals surface area contributed by atoms with Crippen LogP contribution in [0.5, 0.6) is 0 Å². The molecule has 2 heterocycles. The van der Waals surface area contributed by atoms with Crippen molar-refractivity contribution in [2.24, 2.45) is 5.92 Å². The molecular formula is C13H17N3S. The first kappa shape index (κ1) is 11.0. The van der Waals surface area contributed by atoms with E-state index in [4.69, 9.17) is 0 Å². The fourth-order valence-corrected chi connectivity index (χ4v) is 3.15. The summed E-state index contributed by atoms with van der Waals surface area (Å²) in [5, 5.41) is 7.96. The maximum absolute atomic E-state index is 4.58. The molecule has 0 saturated carbocycles. The van der Waals surface area contributed by atoms with Crippen molar-refractivity contribution in [1.82, 2.24) is 10.3 Å². The number of hydrogen-bond acceptors (Lipinski definition) is 4. The first-order valence-corrected chi connectivity index (χ1v) is 7.03. The number of piperidine rings is 1. The van der Waals surface area contributed by atoms with Crippen LogP contribution in [0.15, 0.2) is 24.3 Å². The van der Waals surface area contributed by atoms with Crippen LogP contribution in [-0.4, -0.2) is 24.6 Å². The molecule has 1 atom stereocenters. The van der Waals surface area contributed by atoms with Gasteiger partial charge >= 0.3 is 0 Å². The lowest BCUT2D eigenvalue weighted by Gasteiger charge is -2.22. The molecule has 0 bridgehead atoms. The minimum Gasteiger partial charge on any atom is -0.361 e. The molecular weight excluding hydrogens is 230 g/mol. The van der Waals surface area contributed by atoms with Crippen LogP contribution in [0.4, 0.5) is 5.13 Å². The Labute approximate surface area is 105 Å². The van der Waals surface area contributed by atoms with E-state index in [1.807, 2.05) is 6.07 Å². The van der Waals surface area contributed by atoms with E-state index in [2.05, 4.69) is 33.8 Å². The van der Waals surface area contributed by atoms with E-state index in [-0.39, 0.29) is 0 Å². The van der Waals surface area contributed by atoms with Gasteiger partial charge in [0.05, 0.1) is 10.2 Å². The summed E-state index contributed by atoms with van der Waals surface area (Å²) in [6.07, 6.45) is 2.62. The molecule has 1 aliphatic rings. The van der Waals surface area contributed by atoms with Gasteiger partial charge in [0.15, 0.2) is 5.13 Å². The van der Waals surface area contributed by atoms with Crippen molar-refractivity contribution in [3.05, 3.63) is 24.3 Å². The van der Waals surface area contributed by atoms with Gasteiger partial charge < -0.3 is 10.6 Å². The molecule has 1 fully saturated rings. The average Bonchev–Trinajstić information content (AvgIpc) is 2.80. The van der Waals surface area contributed by atoms with Crippen LogP contribution in [-0.2, 0) is 0 Å². The Morgan fingerprint density at radius 2 is 2.35 bits per heavy atom. The summed E-state index contributed by atoms with van der Waals surface area (Å²) in [6, 6.07) is 8.30. The summed E-state index contributed by atoms with van der Waals surface area (Å²) < 4.78 is 1.26. The maximum Gasteiger partial charge on any atom is 0.183 e. The van der Waals surface area contributed by atoms with Crippen molar-refractivity contribution < 1.29 is 0 Å². The summed E-state index contributed by atoms with van der Waals surface area (Å²) in [5.41, 5.74) is 1.10. The van der Waals surface area contributed by atoms with Crippen LogP contribution in [0, 0.1) is 5.92 Å². The second kappa shape index (κ2) is 5.02. The Hall–Kier alpha value is -1.13. The lowest BCUT2D eigenvalue weighted by Crippen LogP contribution is -2.33. The maximum atomic E-state index is 4.58. The number of benzene rings is 1. The zero-order valence-electron chi connectivity index (χ0n) is 9.78. The van der Waals surface area contributed by atoms with Crippen LogP contribution < -0.4 is 10.6 Å². The Morgan fingerprint density at radius 3 is 3.18 bits per heavy atom. The molecule has 1 saturated heterocycles. The molecule has 1 aromatic carbocycles. The molecule has 2 aromatic rings. The lowest BCUT2D eigenvalue weighted by molar-refractivity contribution is 0.393. The van der Waals surface area contributed by atoms with E-state index in [0.29, 0.717) is 0 Å². The molecule has 3 rings (SSSR count). The second-order valence-electron chi connectivity index (χ2n) is 4.58. The van der Waals surface area contributed by atoms with E-state index in [0.717, 1.165) is 29.7 Å². The monoisotopic (exact) mass is 247 g/mol. The normalized spacial score (nSPS) is 20.6. The van der Waals surface area contributed by atoms with Crippen molar-refractivity contribution >= 4 is 26.7 Å². The highest BCUT2D eigenvalue weighted by atomic mass is 32.1. The molecule has 0 amide bonds. The number of rotatable bonds is 3. The van der Waals surface area contributed by atoms with Crippen LogP contribution in [0.1, 0.15) is 12.8 Å². The molecule has 0 spiro atoms. The lowest BCUT2D eigenvalue weighted by atomic mass is 10.00. The van der Waals surface area contributed by atoms with E-state index in [1.54, 1.807) is 11.3 Å². The Morgan fingerprint density at radius 1 is 1.41 bits per heavy atom.